The number of fused-ring (bicyclic) bond motifs is 1. The summed E-state index contributed by atoms with van der Waals surface area (Å²) in [6.07, 6.45) is 2.58. The number of nitrogens with zero attached hydrogens (tertiary/aromatic N) is 3. The molecular formula is C37H39F5N4O4. The van der Waals surface area contributed by atoms with Crippen molar-refractivity contribution >= 4 is 28.5 Å². The van der Waals surface area contributed by atoms with Crippen molar-refractivity contribution in [2.75, 3.05) is 4.90 Å². The SMILES string of the molecule is CC[C@@H](N(c1cc(C)c(C(=O)N[C@@H](Cc2ccc(-c3c(C(C)(F)F)cc(C)n(C)c3=O)c3ncccc23)C(=O)O)c(F)c1)C1CC1)C(C)(F)F. The van der Waals surface area contributed by atoms with Crippen LogP contribution in [0, 0.1) is 19.7 Å². The minimum absolute atomic E-state index is 0.113. The number of carboxylic acids is 1. The maximum atomic E-state index is 15.7. The lowest BCUT2D eigenvalue weighted by Crippen LogP contribution is -2.47. The molecule has 0 radical (unpaired) electrons. The number of rotatable bonds is 12. The highest BCUT2D eigenvalue weighted by atomic mass is 19.3. The zero-order chi connectivity index (χ0) is 36.9. The molecular weight excluding hydrogens is 659 g/mol. The van der Waals surface area contributed by atoms with Crippen LogP contribution in [-0.4, -0.2) is 50.6 Å². The summed E-state index contributed by atoms with van der Waals surface area (Å²) in [7, 11) is 1.47. The summed E-state index contributed by atoms with van der Waals surface area (Å²) in [5.41, 5.74) is -0.439. The van der Waals surface area contributed by atoms with Crippen LogP contribution in [0.1, 0.15) is 72.8 Å². The van der Waals surface area contributed by atoms with Crippen LogP contribution >= 0.6 is 0 Å². The van der Waals surface area contributed by atoms with E-state index in [0.717, 1.165) is 13.0 Å². The predicted molar refractivity (Wildman–Crippen MR) is 181 cm³/mol. The molecule has 2 atom stereocenters. The maximum absolute atomic E-state index is 15.7. The second kappa shape index (κ2) is 13.5. The average Bonchev–Trinajstić information content (AvgIpc) is 3.86. The summed E-state index contributed by atoms with van der Waals surface area (Å²) in [5, 5.41) is 12.9. The maximum Gasteiger partial charge on any atom is 0.326 e. The standard InChI is InChI=1S/C37H39F5N4O4/c1-7-29(37(5,41)42)46(22-11-12-22)23-15-19(2)30(27(38)18-23)33(47)44-28(35(49)50)17-21-10-13-25(32-24(21)9-8-14-43-32)31-26(36(4,39)40)16-20(3)45(6)34(31)48/h8-10,13-16,18,22,28-29H,7,11-12,17H2,1-6H3,(H,44,47)(H,49,50)/t28-,29+/m0/s1. The molecule has 4 aromatic rings. The van der Waals surface area contributed by atoms with E-state index in [0.29, 0.717) is 36.4 Å². The molecule has 1 fully saturated rings. The number of aryl methyl sites for hydroxylation is 2. The number of carboxylic acid groups (broad SMARTS) is 1. The molecule has 1 aliphatic rings. The van der Waals surface area contributed by atoms with Crippen LogP contribution in [0.25, 0.3) is 22.0 Å². The summed E-state index contributed by atoms with van der Waals surface area (Å²) in [6.45, 7) is 6.15. The van der Waals surface area contributed by atoms with Crippen LogP contribution in [0.15, 0.2) is 53.5 Å². The van der Waals surface area contributed by atoms with E-state index < -0.39 is 58.3 Å². The Kier molecular flexibility index (Phi) is 9.83. The van der Waals surface area contributed by atoms with E-state index in [2.05, 4.69) is 10.3 Å². The van der Waals surface area contributed by atoms with Gasteiger partial charge in [-0.05, 0) is 68.5 Å². The fourth-order valence-electron chi connectivity index (χ4n) is 6.65. The Bertz CT molecular complexity index is 2010. The molecule has 266 valence electrons. The lowest BCUT2D eigenvalue weighted by Gasteiger charge is -2.37. The normalized spacial score (nSPS) is 14.8. The van der Waals surface area contributed by atoms with Gasteiger partial charge < -0.3 is 19.9 Å². The molecule has 1 aliphatic carbocycles. The molecule has 0 unspecified atom stereocenters. The van der Waals surface area contributed by atoms with Gasteiger partial charge in [0.05, 0.1) is 22.7 Å². The van der Waals surface area contributed by atoms with Gasteiger partial charge in [0.1, 0.15) is 11.9 Å². The number of aromatic nitrogens is 2. The highest BCUT2D eigenvalue weighted by molar-refractivity contribution is 5.99. The van der Waals surface area contributed by atoms with E-state index in [1.807, 2.05) is 0 Å². The molecule has 8 nitrogen and oxygen atoms in total. The van der Waals surface area contributed by atoms with Gasteiger partial charge in [0.15, 0.2) is 0 Å². The molecule has 5 rings (SSSR count). The van der Waals surface area contributed by atoms with E-state index in [-0.39, 0.29) is 46.8 Å². The number of carbonyl (C=O) groups excluding carboxylic acids is 1. The average molecular weight is 699 g/mol. The van der Waals surface area contributed by atoms with Crippen molar-refractivity contribution in [2.24, 2.45) is 7.05 Å². The zero-order valence-corrected chi connectivity index (χ0v) is 28.6. The Hall–Kier alpha value is -4.81. The molecule has 0 saturated heterocycles. The Morgan fingerprint density at radius 3 is 2.34 bits per heavy atom. The van der Waals surface area contributed by atoms with Crippen LogP contribution in [0.4, 0.5) is 27.6 Å². The molecule has 1 saturated carbocycles. The number of carbonyl (C=O) groups is 2. The topological polar surface area (TPSA) is 105 Å². The van der Waals surface area contributed by atoms with Crippen molar-refractivity contribution in [3.8, 4) is 11.1 Å². The number of nitrogens with one attached hydrogen (secondary N) is 1. The van der Waals surface area contributed by atoms with E-state index >= 15 is 4.39 Å². The minimum Gasteiger partial charge on any atom is -0.480 e. The smallest absolute Gasteiger partial charge is 0.326 e. The van der Waals surface area contributed by atoms with Gasteiger partial charge >= 0.3 is 5.97 Å². The van der Waals surface area contributed by atoms with Crippen molar-refractivity contribution in [1.82, 2.24) is 14.9 Å². The van der Waals surface area contributed by atoms with E-state index in [1.54, 1.807) is 26.0 Å². The number of anilines is 1. The molecule has 1 amide bonds. The van der Waals surface area contributed by atoms with E-state index in [9.17, 15) is 37.1 Å². The third kappa shape index (κ3) is 7.08. The number of benzene rings is 2. The number of hydrogen-bond acceptors (Lipinski definition) is 5. The number of hydrogen-bond donors (Lipinski definition) is 2. The van der Waals surface area contributed by atoms with Crippen LogP contribution in [0.5, 0.6) is 0 Å². The third-order valence-electron chi connectivity index (χ3n) is 9.35. The van der Waals surface area contributed by atoms with Crippen molar-refractivity contribution in [3.05, 3.63) is 92.8 Å². The molecule has 0 spiro atoms. The van der Waals surface area contributed by atoms with Gasteiger partial charge in [-0.2, -0.15) is 0 Å². The first-order chi connectivity index (χ1) is 23.3. The number of aliphatic carboxylic acids is 1. The van der Waals surface area contributed by atoms with Crippen LogP contribution in [0.2, 0.25) is 0 Å². The van der Waals surface area contributed by atoms with Crippen LogP contribution in [-0.2, 0) is 24.2 Å². The number of alkyl halides is 4. The summed E-state index contributed by atoms with van der Waals surface area (Å²) < 4.78 is 75.6. The van der Waals surface area contributed by atoms with Gasteiger partial charge in [0.2, 0.25) is 0 Å². The summed E-state index contributed by atoms with van der Waals surface area (Å²) >= 11 is 0. The molecule has 50 heavy (non-hydrogen) atoms. The quantitative estimate of drug-likeness (QED) is 0.151. The first-order valence-corrected chi connectivity index (χ1v) is 16.3. The lowest BCUT2D eigenvalue weighted by atomic mass is 9.91. The third-order valence-corrected chi connectivity index (χ3v) is 9.35. The summed E-state index contributed by atoms with van der Waals surface area (Å²) in [6, 6.07) is 6.88. The highest BCUT2D eigenvalue weighted by Crippen LogP contribution is 2.40. The molecule has 0 aliphatic heterocycles. The first kappa shape index (κ1) is 36.5. The molecule has 0 bridgehead atoms. The lowest BCUT2D eigenvalue weighted by molar-refractivity contribution is -0.139. The predicted octanol–water partition coefficient (Wildman–Crippen LogP) is 7.30. The van der Waals surface area contributed by atoms with Gasteiger partial charge in [-0.1, -0.05) is 25.1 Å². The Balaban J connectivity index is 1.49. The van der Waals surface area contributed by atoms with Crippen molar-refractivity contribution in [3.63, 3.8) is 0 Å². The fourth-order valence-corrected chi connectivity index (χ4v) is 6.65. The van der Waals surface area contributed by atoms with Gasteiger partial charge in [0, 0.05) is 67.4 Å². The highest BCUT2D eigenvalue weighted by Gasteiger charge is 2.44. The second-order valence-corrected chi connectivity index (χ2v) is 13.2. The van der Waals surface area contributed by atoms with E-state index in [4.69, 9.17) is 0 Å². The number of halogens is 5. The van der Waals surface area contributed by atoms with Crippen molar-refractivity contribution in [1.29, 1.82) is 0 Å². The summed E-state index contributed by atoms with van der Waals surface area (Å²) in [5.74, 6) is -9.86. The fraction of sp³-hybridized carbons (Fsp3) is 0.405. The molecule has 13 heteroatoms. The van der Waals surface area contributed by atoms with Gasteiger partial charge in [0.25, 0.3) is 23.3 Å². The number of pyridine rings is 2. The Morgan fingerprint density at radius 1 is 1.10 bits per heavy atom. The van der Waals surface area contributed by atoms with Crippen molar-refractivity contribution in [2.45, 2.75) is 90.3 Å². The minimum atomic E-state index is -3.37. The molecule has 2 N–H and O–H groups in total. The van der Waals surface area contributed by atoms with Gasteiger partial charge in [-0.3, -0.25) is 14.6 Å². The molecule has 2 heterocycles. The first-order valence-electron chi connectivity index (χ1n) is 16.3. The van der Waals surface area contributed by atoms with Crippen LogP contribution in [0.3, 0.4) is 0 Å². The number of amides is 1. The molecule has 2 aromatic carbocycles. The second-order valence-electron chi connectivity index (χ2n) is 13.2. The summed E-state index contributed by atoms with van der Waals surface area (Å²) in [4.78, 5) is 45.1. The van der Waals surface area contributed by atoms with Gasteiger partial charge in [-0.15, -0.1) is 0 Å². The monoisotopic (exact) mass is 698 g/mol. The van der Waals surface area contributed by atoms with Crippen molar-refractivity contribution < 1.29 is 36.6 Å². The Labute approximate surface area is 285 Å². The largest absolute Gasteiger partial charge is 0.480 e. The van der Waals surface area contributed by atoms with E-state index in [1.165, 1.54) is 53.9 Å². The van der Waals surface area contributed by atoms with Crippen LogP contribution < -0.4 is 15.8 Å². The molecule has 2 aromatic heterocycles. The van der Waals surface area contributed by atoms with Gasteiger partial charge in [-0.25, -0.2) is 26.7 Å². The Morgan fingerprint density at radius 2 is 1.78 bits per heavy atom. The zero-order valence-electron chi connectivity index (χ0n) is 28.6.